The van der Waals surface area contributed by atoms with Gasteiger partial charge in [-0.1, -0.05) is 39.3 Å². The quantitative estimate of drug-likeness (QED) is 0.742. The van der Waals surface area contributed by atoms with E-state index in [0.717, 1.165) is 10.7 Å². The molecule has 0 atom stereocenters. The van der Waals surface area contributed by atoms with Crippen LogP contribution in [0.5, 0.6) is 0 Å². The minimum absolute atomic E-state index is 0.328. The maximum Gasteiger partial charge on any atom is 0.137 e. The molecule has 0 aromatic carbocycles. The van der Waals surface area contributed by atoms with E-state index in [2.05, 4.69) is 33.9 Å². The summed E-state index contributed by atoms with van der Waals surface area (Å²) in [6.07, 6.45) is 4.03. The van der Waals surface area contributed by atoms with Crippen LogP contribution >= 0.6 is 11.6 Å². The SMILES string of the molecule is CC1(C)C(c2cn3cc(Cl)ccc3n2)C1(C)C. The summed E-state index contributed by atoms with van der Waals surface area (Å²) in [7, 11) is 0. The molecule has 0 N–H and O–H groups in total. The van der Waals surface area contributed by atoms with E-state index in [9.17, 15) is 0 Å². The van der Waals surface area contributed by atoms with E-state index < -0.39 is 0 Å². The van der Waals surface area contributed by atoms with Crippen molar-refractivity contribution in [2.45, 2.75) is 33.6 Å². The molecule has 0 radical (unpaired) electrons. The molecule has 0 saturated heterocycles. The summed E-state index contributed by atoms with van der Waals surface area (Å²) in [5, 5.41) is 0.746. The van der Waals surface area contributed by atoms with Gasteiger partial charge in [0.1, 0.15) is 5.65 Å². The molecule has 2 nitrogen and oxygen atoms in total. The minimum Gasteiger partial charge on any atom is -0.305 e. The molecule has 3 rings (SSSR count). The maximum absolute atomic E-state index is 5.99. The highest BCUT2D eigenvalue weighted by Crippen LogP contribution is 2.73. The number of nitrogens with zero attached hydrogens (tertiary/aromatic N) is 2. The van der Waals surface area contributed by atoms with Crippen molar-refractivity contribution in [2.75, 3.05) is 0 Å². The lowest BCUT2D eigenvalue weighted by Crippen LogP contribution is -1.95. The standard InChI is InChI=1S/C14H17ClN2/c1-13(2)12(14(13,3)4)10-8-17-7-9(15)5-6-11(17)16-10/h5-8,12H,1-4H3. The van der Waals surface area contributed by atoms with Crippen molar-refractivity contribution in [2.24, 2.45) is 10.8 Å². The van der Waals surface area contributed by atoms with Crippen LogP contribution in [0.1, 0.15) is 39.3 Å². The van der Waals surface area contributed by atoms with Gasteiger partial charge in [0.05, 0.1) is 10.7 Å². The van der Waals surface area contributed by atoms with Crippen LogP contribution in [-0.2, 0) is 0 Å². The summed E-state index contributed by atoms with van der Waals surface area (Å²) < 4.78 is 2.02. The Morgan fingerprint density at radius 2 is 1.76 bits per heavy atom. The van der Waals surface area contributed by atoms with Gasteiger partial charge in [-0.3, -0.25) is 0 Å². The van der Waals surface area contributed by atoms with Crippen LogP contribution in [-0.4, -0.2) is 9.38 Å². The van der Waals surface area contributed by atoms with E-state index in [4.69, 9.17) is 16.6 Å². The van der Waals surface area contributed by atoms with E-state index in [1.54, 1.807) is 0 Å². The van der Waals surface area contributed by atoms with Crippen LogP contribution in [0, 0.1) is 10.8 Å². The fourth-order valence-corrected chi connectivity index (χ4v) is 3.23. The number of rotatable bonds is 1. The van der Waals surface area contributed by atoms with Crippen molar-refractivity contribution in [3.63, 3.8) is 0 Å². The monoisotopic (exact) mass is 248 g/mol. The summed E-state index contributed by atoms with van der Waals surface area (Å²) in [5.74, 6) is 0.536. The van der Waals surface area contributed by atoms with Crippen LogP contribution in [0.25, 0.3) is 5.65 Å². The highest BCUT2D eigenvalue weighted by molar-refractivity contribution is 6.30. The van der Waals surface area contributed by atoms with Gasteiger partial charge in [-0.05, 0) is 23.0 Å². The predicted molar refractivity (Wildman–Crippen MR) is 70.5 cm³/mol. The Balaban J connectivity index is 2.09. The number of hydrogen-bond acceptors (Lipinski definition) is 1. The molecule has 17 heavy (non-hydrogen) atoms. The molecule has 2 aromatic heterocycles. The van der Waals surface area contributed by atoms with Crippen LogP contribution in [0.15, 0.2) is 24.5 Å². The van der Waals surface area contributed by atoms with Gasteiger partial charge in [-0.15, -0.1) is 0 Å². The number of halogens is 1. The topological polar surface area (TPSA) is 17.3 Å². The van der Waals surface area contributed by atoms with Crippen molar-refractivity contribution in [3.05, 3.63) is 35.2 Å². The van der Waals surface area contributed by atoms with Crippen LogP contribution in [0.2, 0.25) is 5.02 Å². The zero-order valence-electron chi connectivity index (χ0n) is 10.7. The molecule has 0 spiro atoms. The van der Waals surface area contributed by atoms with E-state index in [-0.39, 0.29) is 0 Å². The van der Waals surface area contributed by atoms with Gasteiger partial charge in [0.2, 0.25) is 0 Å². The van der Waals surface area contributed by atoms with Gasteiger partial charge in [0.25, 0.3) is 0 Å². The molecule has 0 bridgehead atoms. The van der Waals surface area contributed by atoms with E-state index in [0.29, 0.717) is 16.7 Å². The second kappa shape index (κ2) is 3.05. The highest BCUT2D eigenvalue weighted by atomic mass is 35.5. The maximum atomic E-state index is 5.99. The molecule has 3 heteroatoms. The largest absolute Gasteiger partial charge is 0.305 e. The lowest BCUT2D eigenvalue weighted by atomic mass is 10.0. The Bertz CT molecular complexity index is 581. The second-order valence-corrected chi connectivity index (χ2v) is 6.59. The van der Waals surface area contributed by atoms with Crippen molar-refractivity contribution in [1.29, 1.82) is 0 Å². The van der Waals surface area contributed by atoms with Crippen LogP contribution in [0.3, 0.4) is 0 Å². The van der Waals surface area contributed by atoms with Crippen LogP contribution in [0.4, 0.5) is 0 Å². The lowest BCUT2D eigenvalue weighted by molar-refractivity contribution is 0.457. The molecule has 2 aromatic rings. The Labute approximate surface area is 107 Å². The molecule has 2 heterocycles. The van der Waals surface area contributed by atoms with Gasteiger partial charge >= 0.3 is 0 Å². The number of fused-ring (bicyclic) bond motifs is 1. The molecule has 90 valence electrons. The zero-order valence-corrected chi connectivity index (χ0v) is 11.4. The summed E-state index contributed by atoms with van der Waals surface area (Å²) in [6.45, 7) is 9.26. The molecule has 1 saturated carbocycles. The van der Waals surface area contributed by atoms with Gasteiger partial charge in [0.15, 0.2) is 0 Å². The third-order valence-corrected chi connectivity index (χ3v) is 4.97. The van der Waals surface area contributed by atoms with Gasteiger partial charge in [-0.2, -0.15) is 0 Å². The number of aromatic nitrogens is 2. The normalized spacial score (nSPS) is 21.9. The third kappa shape index (κ3) is 1.37. The Morgan fingerprint density at radius 1 is 1.12 bits per heavy atom. The van der Waals surface area contributed by atoms with E-state index >= 15 is 0 Å². The Kier molecular flexibility index (Phi) is 1.99. The summed E-state index contributed by atoms with van der Waals surface area (Å²) >= 11 is 5.99. The van der Waals surface area contributed by atoms with Crippen molar-refractivity contribution in [1.82, 2.24) is 9.38 Å². The molecular weight excluding hydrogens is 232 g/mol. The molecule has 1 aliphatic carbocycles. The number of imidazole rings is 1. The lowest BCUT2D eigenvalue weighted by Gasteiger charge is -2.03. The number of hydrogen-bond donors (Lipinski definition) is 0. The third-order valence-electron chi connectivity index (χ3n) is 4.75. The Hall–Kier alpha value is -1.02. The first-order valence-corrected chi connectivity index (χ1v) is 6.36. The molecule has 1 fully saturated rings. The van der Waals surface area contributed by atoms with Crippen molar-refractivity contribution >= 4 is 17.2 Å². The average molecular weight is 249 g/mol. The molecule has 0 aliphatic heterocycles. The van der Waals surface area contributed by atoms with Gasteiger partial charge in [0, 0.05) is 18.3 Å². The molecule has 0 unspecified atom stereocenters. The van der Waals surface area contributed by atoms with Crippen molar-refractivity contribution < 1.29 is 0 Å². The zero-order chi connectivity index (χ0) is 12.4. The van der Waals surface area contributed by atoms with Crippen molar-refractivity contribution in [3.8, 4) is 0 Å². The average Bonchev–Trinajstić information content (AvgIpc) is 2.56. The number of pyridine rings is 1. The van der Waals surface area contributed by atoms with Gasteiger partial charge < -0.3 is 4.40 Å². The fourth-order valence-electron chi connectivity index (χ4n) is 3.06. The minimum atomic E-state index is 0.328. The second-order valence-electron chi connectivity index (χ2n) is 6.15. The smallest absolute Gasteiger partial charge is 0.137 e. The summed E-state index contributed by atoms with van der Waals surface area (Å²) in [4.78, 5) is 4.71. The first kappa shape index (κ1) is 11.1. The Morgan fingerprint density at radius 3 is 2.35 bits per heavy atom. The summed E-state index contributed by atoms with van der Waals surface area (Å²) in [6, 6.07) is 3.85. The molecular formula is C14H17ClN2. The summed E-state index contributed by atoms with van der Waals surface area (Å²) in [5.41, 5.74) is 2.81. The van der Waals surface area contributed by atoms with E-state index in [1.165, 1.54) is 5.69 Å². The molecule has 0 amide bonds. The first-order valence-electron chi connectivity index (χ1n) is 5.98. The predicted octanol–water partition coefficient (Wildman–Crippen LogP) is 4.14. The highest BCUT2D eigenvalue weighted by Gasteiger charge is 2.66. The first-order chi connectivity index (χ1) is 7.84. The van der Waals surface area contributed by atoms with Gasteiger partial charge in [-0.25, -0.2) is 4.98 Å². The van der Waals surface area contributed by atoms with E-state index in [1.807, 2.05) is 22.7 Å². The van der Waals surface area contributed by atoms with Crippen LogP contribution < -0.4 is 0 Å². The molecule has 1 aliphatic rings. The fraction of sp³-hybridized carbons (Fsp3) is 0.500.